The van der Waals surface area contributed by atoms with Gasteiger partial charge >= 0.3 is 95.2 Å². The average molecular weight is 309 g/mol. The zero-order valence-electron chi connectivity index (χ0n) is 8.27. The molecule has 5 heteroatoms. The number of aromatic hydroxyl groups is 1. The summed E-state index contributed by atoms with van der Waals surface area (Å²) in [5.74, 6) is -0.948. The van der Waals surface area contributed by atoms with E-state index in [1.165, 1.54) is 6.07 Å². The molecule has 1 aromatic carbocycles. The molecule has 1 rings (SSSR count). The molecular formula is C9H11INO3-. The Kier molecular flexibility index (Phi) is 3.20. The van der Waals surface area contributed by atoms with E-state index < -0.39 is 34.4 Å². The fourth-order valence-corrected chi connectivity index (χ4v) is 1.60. The van der Waals surface area contributed by atoms with E-state index in [0.29, 0.717) is 3.57 Å². The van der Waals surface area contributed by atoms with Crippen LogP contribution < -0.4 is 28.1 Å². The molecular weight excluding hydrogens is 297 g/mol. The van der Waals surface area contributed by atoms with Crippen LogP contribution in [0.4, 0.5) is 0 Å². The second-order valence-corrected chi connectivity index (χ2v) is 4.10. The number of hydrogen-bond donors (Lipinski definition) is 3. The number of phenolic OH excluding ortho intramolecular Hbond substituents is 1. The van der Waals surface area contributed by atoms with Gasteiger partial charge in [0.05, 0.1) is 0 Å². The summed E-state index contributed by atoms with van der Waals surface area (Å²) < 4.78 is 7.84. The van der Waals surface area contributed by atoms with Gasteiger partial charge in [0.15, 0.2) is 0 Å². The van der Waals surface area contributed by atoms with Crippen LogP contribution >= 0.6 is 0 Å². The Bertz CT molecular complexity index is 372. The quantitative estimate of drug-likeness (QED) is 0.512. The first-order chi connectivity index (χ1) is 7.04. The van der Waals surface area contributed by atoms with E-state index >= 15 is 0 Å². The summed E-state index contributed by atoms with van der Waals surface area (Å²) >= 11 is -0.959. The Morgan fingerprint density at radius 3 is 3.00 bits per heavy atom. The first-order valence-electron chi connectivity index (χ1n) is 4.34. The summed E-state index contributed by atoms with van der Waals surface area (Å²) in [6.45, 7) is 0. The van der Waals surface area contributed by atoms with Gasteiger partial charge in [-0.2, -0.15) is 0 Å². The van der Waals surface area contributed by atoms with Gasteiger partial charge in [0.25, 0.3) is 0 Å². The SMILES string of the molecule is [2H][I-]c1cc(C[C@H](N)C(=O)O)ccc1O. The van der Waals surface area contributed by atoms with Gasteiger partial charge in [0, 0.05) is 0 Å². The van der Waals surface area contributed by atoms with Crippen molar-refractivity contribution in [1.29, 1.82) is 0.594 Å². The number of nitrogens with two attached hydrogens (primary N) is 1. The second kappa shape index (κ2) is 4.61. The average Bonchev–Trinajstić information content (AvgIpc) is 2.20. The van der Waals surface area contributed by atoms with E-state index in [9.17, 15) is 9.90 Å². The van der Waals surface area contributed by atoms with Crippen molar-refractivity contribution < 1.29 is 37.4 Å². The van der Waals surface area contributed by atoms with Crippen molar-refractivity contribution in [3.05, 3.63) is 27.3 Å². The first kappa shape index (κ1) is 9.72. The number of carbonyl (C=O) groups is 1. The van der Waals surface area contributed by atoms with Crippen LogP contribution in [-0.4, -0.2) is 22.8 Å². The standard InChI is InChI=1S/C9H11INO3/c10-6-3-5(1-2-8(6)12)4-7(11)9(13)14/h1-3,7,10,12H,4,11H2,(H,13,14)/q-1/t7-/m0/s1/i10D. The molecule has 0 amide bonds. The van der Waals surface area contributed by atoms with Crippen molar-refractivity contribution in [2.75, 3.05) is 0 Å². The van der Waals surface area contributed by atoms with Gasteiger partial charge in [-0.15, -0.1) is 0 Å². The Labute approximate surface area is 95.3 Å². The number of rotatable bonds is 4. The van der Waals surface area contributed by atoms with Crippen LogP contribution in [0.2, 0.25) is 0 Å². The molecule has 0 heterocycles. The molecule has 0 bridgehead atoms. The van der Waals surface area contributed by atoms with Crippen LogP contribution in [0.3, 0.4) is 0 Å². The van der Waals surface area contributed by atoms with E-state index in [-0.39, 0.29) is 12.2 Å². The summed E-state index contributed by atoms with van der Waals surface area (Å²) in [7, 11) is 0. The summed E-state index contributed by atoms with van der Waals surface area (Å²) in [5.41, 5.74) is 6.12. The third-order valence-corrected chi connectivity index (χ3v) is 2.65. The summed E-state index contributed by atoms with van der Waals surface area (Å²) in [6.07, 6.45) is 0.215. The molecule has 4 N–H and O–H groups in total. The molecule has 0 aliphatic rings. The third-order valence-electron chi connectivity index (χ3n) is 1.78. The van der Waals surface area contributed by atoms with Gasteiger partial charge in [-0.1, -0.05) is 0 Å². The first-order valence-corrected chi connectivity index (χ1v) is 5.04. The monoisotopic (exact) mass is 309 g/mol. The van der Waals surface area contributed by atoms with E-state index in [2.05, 4.69) is 0 Å². The predicted octanol–water partition coefficient (Wildman–Crippen LogP) is -3.20. The molecule has 4 nitrogen and oxygen atoms in total. The molecule has 0 unspecified atom stereocenters. The van der Waals surface area contributed by atoms with Crippen molar-refractivity contribution in [2.24, 2.45) is 5.73 Å². The Hall–Kier alpha value is -0.820. The van der Waals surface area contributed by atoms with Crippen LogP contribution in [0, 0.1) is 3.57 Å². The second-order valence-electron chi connectivity index (χ2n) is 2.93. The number of phenols is 1. The number of halogens is 1. The van der Waals surface area contributed by atoms with Crippen LogP contribution in [0.1, 0.15) is 5.56 Å². The van der Waals surface area contributed by atoms with Crippen molar-refractivity contribution in [2.45, 2.75) is 12.5 Å². The van der Waals surface area contributed by atoms with Crippen LogP contribution in [0.25, 0.3) is 0 Å². The van der Waals surface area contributed by atoms with Crippen LogP contribution in [0.15, 0.2) is 18.2 Å². The Morgan fingerprint density at radius 2 is 2.43 bits per heavy atom. The van der Waals surface area contributed by atoms with Crippen LogP contribution in [0.5, 0.6) is 5.75 Å². The fourth-order valence-electron chi connectivity index (χ4n) is 1.02. The summed E-state index contributed by atoms with van der Waals surface area (Å²) in [6, 6.07) is 3.82. The van der Waals surface area contributed by atoms with Crippen molar-refractivity contribution in [3.8, 4) is 5.75 Å². The molecule has 14 heavy (non-hydrogen) atoms. The fraction of sp³-hybridized carbons (Fsp3) is 0.222. The van der Waals surface area contributed by atoms with Gasteiger partial charge in [-0.05, 0) is 0 Å². The summed E-state index contributed by atoms with van der Waals surface area (Å²) in [4.78, 5) is 10.5. The van der Waals surface area contributed by atoms with Crippen LogP contribution in [-0.2, 0) is 11.2 Å². The maximum atomic E-state index is 10.5. The van der Waals surface area contributed by atoms with Crippen molar-refractivity contribution >= 4 is 5.97 Å². The van der Waals surface area contributed by atoms with E-state index in [1.54, 1.807) is 12.1 Å². The maximum absolute atomic E-state index is 10.5. The predicted molar refractivity (Wildman–Crippen MR) is 47.5 cm³/mol. The van der Waals surface area contributed by atoms with Gasteiger partial charge in [-0.3, -0.25) is 0 Å². The number of carboxylic acid groups (broad SMARTS) is 1. The van der Waals surface area contributed by atoms with E-state index in [1.807, 2.05) is 0 Å². The van der Waals surface area contributed by atoms with E-state index in [4.69, 9.17) is 11.4 Å². The van der Waals surface area contributed by atoms with E-state index in [0.717, 1.165) is 5.56 Å². The van der Waals surface area contributed by atoms with Gasteiger partial charge in [0.2, 0.25) is 0 Å². The molecule has 0 aromatic heterocycles. The van der Waals surface area contributed by atoms with Gasteiger partial charge in [0.1, 0.15) is 0 Å². The third kappa shape index (κ3) is 2.85. The molecule has 0 aliphatic heterocycles. The molecule has 1 aromatic rings. The minimum atomic E-state index is -1.05. The molecule has 0 saturated heterocycles. The molecule has 0 fully saturated rings. The number of aliphatic carboxylic acids is 1. The van der Waals surface area contributed by atoms with Crippen molar-refractivity contribution in [1.82, 2.24) is 0 Å². The minimum absolute atomic E-state index is 0.102. The molecule has 78 valence electrons. The van der Waals surface area contributed by atoms with Crippen molar-refractivity contribution in [3.63, 3.8) is 0 Å². The molecule has 0 aliphatic carbocycles. The Morgan fingerprint density at radius 1 is 1.71 bits per heavy atom. The molecule has 0 spiro atoms. The number of benzene rings is 1. The Balaban J connectivity index is 2.83. The number of carboxylic acids is 1. The zero-order chi connectivity index (χ0) is 11.4. The summed E-state index contributed by atoms with van der Waals surface area (Å²) in [5, 5.41) is 18.0. The molecule has 0 saturated carbocycles. The number of hydrogen-bond acceptors (Lipinski definition) is 3. The zero-order valence-corrected chi connectivity index (χ0v) is 9.43. The molecule has 1 atom stereocenters. The van der Waals surface area contributed by atoms with Gasteiger partial charge in [-0.25, -0.2) is 0 Å². The normalized spacial score (nSPS) is 13.6. The topological polar surface area (TPSA) is 83.6 Å². The molecule has 0 radical (unpaired) electrons. The van der Waals surface area contributed by atoms with Gasteiger partial charge < -0.3 is 0 Å².